The molecule has 2 amide bonds. The van der Waals surface area contributed by atoms with Gasteiger partial charge in [-0.15, -0.1) is 0 Å². The molecule has 24 heavy (non-hydrogen) atoms. The molecule has 0 aliphatic heterocycles. The lowest BCUT2D eigenvalue weighted by molar-refractivity contribution is -0.121. The lowest BCUT2D eigenvalue weighted by atomic mass is 10.2. The van der Waals surface area contributed by atoms with Crippen molar-refractivity contribution in [2.24, 2.45) is 0 Å². The number of rotatable bonds is 9. The number of amides is 2. The molecule has 2 N–H and O–H groups in total. The molecule has 0 aromatic heterocycles. The molecule has 0 saturated carbocycles. The molecule has 0 bridgehead atoms. The van der Waals surface area contributed by atoms with Gasteiger partial charge in [0.05, 0.1) is 18.5 Å². The van der Waals surface area contributed by atoms with Crippen LogP contribution >= 0.6 is 0 Å². The van der Waals surface area contributed by atoms with E-state index in [-0.39, 0.29) is 24.9 Å². The monoisotopic (exact) mass is 355 g/mol. The molecule has 0 aliphatic carbocycles. The van der Waals surface area contributed by atoms with Gasteiger partial charge in [0.25, 0.3) is 0 Å². The standard InChI is InChI=1S/C16H25N3O4S/c1-4-5-6-16(21)17-11-12-19(24(3,22)23)15-9-7-14(8-10-15)18-13(2)20/h7-10H,4-6,11-12H2,1-3H3,(H,17,21)(H,18,20). The molecule has 0 atom stereocenters. The van der Waals surface area contributed by atoms with E-state index >= 15 is 0 Å². The molecule has 0 heterocycles. The lowest BCUT2D eigenvalue weighted by Crippen LogP contribution is -2.38. The second-order valence-electron chi connectivity index (χ2n) is 5.52. The average Bonchev–Trinajstić information content (AvgIpc) is 2.49. The number of anilines is 2. The van der Waals surface area contributed by atoms with E-state index in [1.165, 1.54) is 11.2 Å². The molecule has 1 aromatic carbocycles. The van der Waals surface area contributed by atoms with Gasteiger partial charge in [0, 0.05) is 25.6 Å². The van der Waals surface area contributed by atoms with Gasteiger partial charge < -0.3 is 10.6 Å². The van der Waals surface area contributed by atoms with Gasteiger partial charge in [-0.3, -0.25) is 13.9 Å². The van der Waals surface area contributed by atoms with E-state index in [9.17, 15) is 18.0 Å². The van der Waals surface area contributed by atoms with Crippen LogP contribution in [0.25, 0.3) is 0 Å². The van der Waals surface area contributed by atoms with Crippen molar-refractivity contribution in [3.8, 4) is 0 Å². The number of nitrogens with one attached hydrogen (secondary N) is 2. The topological polar surface area (TPSA) is 95.6 Å². The van der Waals surface area contributed by atoms with Crippen molar-refractivity contribution in [2.45, 2.75) is 33.1 Å². The number of carbonyl (C=O) groups is 2. The van der Waals surface area contributed by atoms with Gasteiger partial charge in [0.1, 0.15) is 0 Å². The van der Waals surface area contributed by atoms with Crippen LogP contribution in [0, 0.1) is 0 Å². The Morgan fingerprint density at radius 1 is 1.17 bits per heavy atom. The molecule has 0 radical (unpaired) electrons. The third kappa shape index (κ3) is 6.99. The Bertz CT molecular complexity index is 656. The number of nitrogens with zero attached hydrogens (tertiary/aromatic N) is 1. The predicted octanol–water partition coefficient (Wildman–Crippen LogP) is 1.72. The van der Waals surface area contributed by atoms with E-state index in [4.69, 9.17) is 0 Å². The number of benzene rings is 1. The number of hydrogen-bond acceptors (Lipinski definition) is 4. The highest BCUT2D eigenvalue weighted by Crippen LogP contribution is 2.20. The molecule has 0 saturated heterocycles. The van der Waals surface area contributed by atoms with Crippen LogP contribution in [0.2, 0.25) is 0 Å². The first-order valence-corrected chi connectivity index (χ1v) is 9.71. The summed E-state index contributed by atoms with van der Waals surface area (Å²) in [6.45, 7) is 3.79. The predicted molar refractivity (Wildman–Crippen MR) is 95.5 cm³/mol. The van der Waals surface area contributed by atoms with Gasteiger partial charge in [0.2, 0.25) is 21.8 Å². The van der Waals surface area contributed by atoms with Gasteiger partial charge in [0.15, 0.2) is 0 Å². The maximum Gasteiger partial charge on any atom is 0.232 e. The Balaban J connectivity index is 2.73. The molecule has 8 heteroatoms. The van der Waals surface area contributed by atoms with E-state index in [0.717, 1.165) is 19.1 Å². The first-order valence-electron chi connectivity index (χ1n) is 7.86. The van der Waals surface area contributed by atoms with E-state index in [1.807, 2.05) is 6.92 Å². The number of sulfonamides is 1. The van der Waals surface area contributed by atoms with Crippen LogP contribution in [-0.4, -0.2) is 39.6 Å². The van der Waals surface area contributed by atoms with Crippen LogP contribution in [0.4, 0.5) is 11.4 Å². The fourth-order valence-electron chi connectivity index (χ4n) is 2.12. The minimum absolute atomic E-state index is 0.0775. The zero-order valence-corrected chi connectivity index (χ0v) is 15.1. The molecular weight excluding hydrogens is 330 g/mol. The number of carbonyl (C=O) groups excluding carboxylic acids is 2. The van der Waals surface area contributed by atoms with Crippen molar-refractivity contribution in [1.82, 2.24) is 5.32 Å². The van der Waals surface area contributed by atoms with Crippen LogP contribution in [0.3, 0.4) is 0 Å². The minimum Gasteiger partial charge on any atom is -0.354 e. The van der Waals surface area contributed by atoms with Crippen LogP contribution in [0.5, 0.6) is 0 Å². The van der Waals surface area contributed by atoms with Crippen molar-refractivity contribution >= 4 is 33.2 Å². The Labute approximate surface area is 143 Å². The van der Waals surface area contributed by atoms with E-state index < -0.39 is 10.0 Å². The summed E-state index contributed by atoms with van der Waals surface area (Å²) in [4.78, 5) is 22.6. The average molecular weight is 355 g/mol. The maximum atomic E-state index is 12.0. The van der Waals surface area contributed by atoms with Gasteiger partial charge in [-0.2, -0.15) is 0 Å². The van der Waals surface area contributed by atoms with Gasteiger partial charge in [-0.05, 0) is 30.7 Å². The van der Waals surface area contributed by atoms with E-state index in [2.05, 4.69) is 10.6 Å². The summed E-state index contributed by atoms with van der Waals surface area (Å²) in [5, 5.41) is 5.35. The molecule has 134 valence electrons. The first-order chi connectivity index (χ1) is 11.2. The molecule has 0 fully saturated rings. The van der Waals surface area contributed by atoms with Crippen molar-refractivity contribution in [3.05, 3.63) is 24.3 Å². The van der Waals surface area contributed by atoms with Crippen molar-refractivity contribution in [3.63, 3.8) is 0 Å². The van der Waals surface area contributed by atoms with Crippen LogP contribution in [0.1, 0.15) is 33.1 Å². The molecule has 0 spiro atoms. The maximum absolute atomic E-state index is 12.0. The third-order valence-corrected chi connectivity index (χ3v) is 4.46. The molecule has 0 unspecified atom stereocenters. The molecule has 1 rings (SSSR count). The minimum atomic E-state index is -3.47. The highest BCUT2D eigenvalue weighted by atomic mass is 32.2. The second-order valence-corrected chi connectivity index (χ2v) is 7.42. The highest BCUT2D eigenvalue weighted by Gasteiger charge is 2.17. The Hall–Kier alpha value is -2.09. The Morgan fingerprint density at radius 2 is 1.79 bits per heavy atom. The van der Waals surface area contributed by atoms with Gasteiger partial charge in [-0.1, -0.05) is 13.3 Å². The molecular formula is C16H25N3O4S. The molecule has 7 nitrogen and oxygen atoms in total. The van der Waals surface area contributed by atoms with Crippen LogP contribution in [-0.2, 0) is 19.6 Å². The highest BCUT2D eigenvalue weighted by molar-refractivity contribution is 7.92. The smallest absolute Gasteiger partial charge is 0.232 e. The summed E-state index contributed by atoms with van der Waals surface area (Å²) in [5.74, 6) is -0.274. The zero-order valence-electron chi connectivity index (χ0n) is 14.3. The summed E-state index contributed by atoms with van der Waals surface area (Å²) in [7, 11) is -3.47. The lowest BCUT2D eigenvalue weighted by Gasteiger charge is -2.23. The van der Waals surface area contributed by atoms with Gasteiger partial charge in [-0.25, -0.2) is 8.42 Å². The van der Waals surface area contributed by atoms with E-state index in [1.54, 1.807) is 24.3 Å². The molecule has 1 aromatic rings. The summed E-state index contributed by atoms with van der Waals surface area (Å²) < 4.78 is 25.2. The Morgan fingerprint density at radius 3 is 2.29 bits per heavy atom. The van der Waals surface area contributed by atoms with E-state index in [0.29, 0.717) is 17.8 Å². The SMILES string of the molecule is CCCCC(=O)NCCN(c1ccc(NC(C)=O)cc1)S(C)(=O)=O. The zero-order chi connectivity index (χ0) is 18.2. The summed E-state index contributed by atoms with van der Waals surface area (Å²) in [5.41, 5.74) is 1.07. The Kier molecular flexibility index (Phi) is 7.70. The normalized spacial score (nSPS) is 11.0. The number of unbranched alkanes of at least 4 members (excludes halogenated alkanes) is 1. The summed E-state index contributed by atoms with van der Waals surface area (Å²) >= 11 is 0. The van der Waals surface area contributed by atoms with Crippen molar-refractivity contribution in [2.75, 3.05) is 29.0 Å². The first kappa shape index (κ1) is 20.0. The molecule has 0 aliphatic rings. The van der Waals surface area contributed by atoms with Crippen molar-refractivity contribution < 1.29 is 18.0 Å². The van der Waals surface area contributed by atoms with Crippen LogP contribution in [0.15, 0.2) is 24.3 Å². The fraction of sp³-hybridized carbons (Fsp3) is 0.500. The van der Waals surface area contributed by atoms with Crippen LogP contribution < -0.4 is 14.9 Å². The quantitative estimate of drug-likeness (QED) is 0.705. The van der Waals surface area contributed by atoms with Gasteiger partial charge >= 0.3 is 0 Å². The number of hydrogen-bond donors (Lipinski definition) is 2. The third-order valence-electron chi connectivity index (χ3n) is 3.27. The van der Waals surface area contributed by atoms with Crippen molar-refractivity contribution in [1.29, 1.82) is 0 Å². The second kappa shape index (κ2) is 9.27. The summed E-state index contributed by atoms with van der Waals surface area (Å²) in [6, 6.07) is 6.50. The fourth-order valence-corrected chi connectivity index (χ4v) is 3.05. The largest absolute Gasteiger partial charge is 0.354 e. The summed E-state index contributed by atoms with van der Waals surface area (Å²) in [6.07, 6.45) is 3.31.